The largest absolute Gasteiger partial charge is 0.494 e. The van der Waals surface area contributed by atoms with E-state index in [2.05, 4.69) is 6.58 Å². The average Bonchev–Trinajstić information content (AvgIpc) is 2.96. The fraction of sp³-hybridized carbons (Fsp3) is 0.484. The number of rotatable bonds is 16. The Kier molecular flexibility index (Phi) is 12.2. The molecule has 0 saturated heterocycles. The Morgan fingerprint density at radius 2 is 1.54 bits per heavy atom. The van der Waals surface area contributed by atoms with E-state index in [0.717, 1.165) is 0 Å². The highest BCUT2D eigenvalue weighted by Crippen LogP contribution is 2.32. The van der Waals surface area contributed by atoms with E-state index in [0.29, 0.717) is 35.5 Å². The normalized spacial score (nSPS) is 20.9. The zero-order valence-electron chi connectivity index (χ0n) is 23.5. The maximum absolute atomic E-state index is 12.8. The first-order chi connectivity index (χ1) is 19.6. The number of aliphatic hydroxyl groups is 4. The van der Waals surface area contributed by atoms with Gasteiger partial charge in [-0.15, -0.1) is 0 Å². The molecule has 1 aromatic rings. The summed E-state index contributed by atoms with van der Waals surface area (Å²) < 4.78 is 21.9. The van der Waals surface area contributed by atoms with Crippen LogP contribution in [0.2, 0.25) is 0 Å². The molecule has 1 aliphatic heterocycles. The Labute approximate surface area is 240 Å². The lowest BCUT2D eigenvalue weighted by molar-refractivity contribution is -0.142. The fourth-order valence-electron chi connectivity index (χ4n) is 4.24. The summed E-state index contributed by atoms with van der Waals surface area (Å²) in [5.41, 5.74) is 1.38. The standard InChI is InChI=1S/C31H40O10/c1-4-25(32)26(33)11-14-38-22-8-5-20(6-9-22)24-17-21-7-10-23(18-29(21)41-31(24)37)39-15-12-27(34)28(35)13-16-40-30(36)19(2)3/h5-10,17-18,21,25-29,32-35H,2,4,11-16H2,1,3H3. The quantitative estimate of drug-likeness (QED) is 0.172. The monoisotopic (exact) mass is 572 g/mol. The van der Waals surface area contributed by atoms with E-state index in [1.54, 1.807) is 43.3 Å². The maximum atomic E-state index is 12.8. The van der Waals surface area contributed by atoms with Crippen LogP contribution in [0.5, 0.6) is 5.75 Å². The van der Waals surface area contributed by atoms with E-state index < -0.39 is 42.5 Å². The number of carbonyl (C=O) groups is 2. The van der Waals surface area contributed by atoms with E-state index in [4.69, 9.17) is 18.9 Å². The first kappa shape index (κ1) is 32.1. The predicted octanol–water partition coefficient (Wildman–Crippen LogP) is 2.60. The second-order valence-corrected chi connectivity index (χ2v) is 10.1. The van der Waals surface area contributed by atoms with Gasteiger partial charge in [0, 0.05) is 30.8 Å². The summed E-state index contributed by atoms with van der Waals surface area (Å²) in [6.45, 7) is 7.15. The molecule has 0 bridgehead atoms. The summed E-state index contributed by atoms with van der Waals surface area (Å²) in [4.78, 5) is 24.1. The van der Waals surface area contributed by atoms with Gasteiger partial charge in [-0.1, -0.05) is 37.8 Å². The molecule has 10 nitrogen and oxygen atoms in total. The van der Waals surface area contributed by atoms with Crippen LogP contribution in [0.4, 0.5) is 0 Å². The lowest BCUT2D eigenvalue weighted by atomic mass is 9.90. The van der Waals surface area contributed by atoms with Gasteiger partial charge in [0.1, 0.15) is 17.6 Å². The summed E-state index contributed by atoms with van der Waals surface area (Å²) >= 11 is 0. The van der Waals surface area contributed by atoms with Crippen molar-refractivity contribution < 1.29 is 49.0 Å². The van der Waals surface area contributed by atoms with E-state index >= 15 is 0 Å². The Morgan fingerprint density at radius 1 is 0.927 bits per heavy atom. The molecule has 1 aliphatic carbocycles. The number of fused-ring (bicyclic) bond motifs is 1. The highest BCUT2D eigenvalue weighted by molar-refractivity contribution is 6.17. The van der Waals surface area contributed by atoms with Gasteiger partial charge >= 0.3 is 11.9 Å². The van der Waals surface area contributed by atoms with Gasteiger partial charge in [-0.25, -0.2) is 9.59 Å². The molecule has 0 saturated carbocycles. The Morgan fingerprint density at radius 3 is 2.17 bits per heavy atom. The molecule has 0 fully saturated rings. The minimum atomic E-state index is -1.08. The second-order valence-electron chi connectivity index (χ2n) is 10.1. The van der Waals surface area contributed by atoms with Gasteiger partial charge in [-0.2, -0.15) is 0 Å². The molecule has 4 N–H and O–H groups in total. The van der Waals surface area contributed by atoms with E-state index in [1.807, 2.05) is 12.2 Å². The van der Waals surface area contributed by atoms with Crippen LogP contribution in [-0.2, 0) is 23.8 Å². The molecule has 2 aliphatic rings. The highest BCUT2D eigenvalue weighted by Gasteiger charge is 2.31. The predicted molar refractivity (Wildman–Crippen MR) is 150 cm³/mol. The van der Waals surface area contributed by atoms with E-state index in [9.17, 15) is 30.0 Å². The van der Waals surface area contributed by atoms with Crippen molar-refractivity contribution in [3.05, 3.63) is 72.0 Å². The fourth-order valence-corrected chi connectivity index (χ4v) is 4.24. The molecular formula is C31H40O10. The van der Waals surface area contributed by atoms with Crippen LogP contribution in [0.3, 0.4) is 0 Å². The molecule has 224 valence electrons. The van der Waals surface area contributed by atoms with Crippen LogP contribution >= 0.6 is 0 Å². The Bertz CT molecular complexity index is 1140. The van der Waals surface area contributed by atoms with Crippen molar-refractivity contribution in [1.29, 1.82) is 0 Å². The third-order valence-corrected chi connectivity index (χ3v) is 6.84. The van der Waals surface area contributed by atoms with Gasteiger partial charge in [-0.05, 0) is 43.2 Å². The van der Waals surface area contributed by atoms with Crippen molar-refractivity contribution >= 4 is 17.5 Å². The number of aliphatic hydroxyl groups excluding tert-OH is 4. The summed E-state index contributed by atoms with van der Waals surface area (Å²) in [6, 6.07) is 7.00. The molecule has 0 aromatic heterocycles. The summed E-state index contributed by atoms with van der Waals surface area (Å²) in [7, 11) is 0. The van der Waals surface area contributed by atoms with Gasteiger partial charge in [0.2, 0.25) is 0 Å². The van der Waals surface area contributed by atoms with E-state index in [1.165, 1.54) is 6.92 Å². The molecule has 1 heterocycles. The molecule has 1 aromatic carbocycles. The number of carbonyl (C=O) groups excluding carboxylic acids is 2. The highest BCUT2D eigenvalue weighted by atomic mass is 16.5. The van der Waals surface area contributed by atoms with Gasteiger partial charge in [0.05, 0.1) is 49.8 Å². The van der Waals surface area contributed by atoms with Gasteiger partial charge in [0.25, 0.3) is 0 Å². The van der Waals surface area contributed by atoms with Crippen molar-refractivity contribution in [3.63, 3.8) is 0 Å². The smallest absolute Gasteiger partial charge is 0.339 e. The molecule has 0 amide bonds. The minimum absolute atomic E-state index is 0.0313. The Balaban J connectivity index is 1.46. The molecule has 0 spiro atoms. The molecule has 6 unspecified atom stereocenters. The van der Waals surface area contributed by atoms with Crippen molar-refractivity contribution in [2.75, 3.05) is 19.8 Å². The van der Waals surface area contributed by atoms with Crippen LogP contribution in [0.15, 0.2) is 66.5 Å². The Hall–Kier alpha value is -3.44. The third kappa shape index (κ3) is 9.57. The van der Waals surface area contributed by atoms with Gasteiger partial charge in [0.15, 0.2) is 0 Å². The van der Waals surface area contributed by atoms with Crippen LogP contribution in [0.25, 0.3) is 5.57 Å². The van der Waals surface area contributed by atoms with Gasteiger partial charge < -0.3 is 39.4 Å². The number of benzene rings is 1. The zero-order valence-corrected chi connectivity index (χ0v) is 23.5. The molecular weight excluding hydrogens is 532 g/mol. The molecule has 41 heavy (non-hydrogen) atoms. The van der Waals surface area contributed by atoms with Crippen LogP contribution in [0.1, 0.15) is 45.1 Å². The summed E-state index contributed by atoms with van der Waals surface area (Å²) in [5.74, 6) is -0.109. The van der Waals surface area contributed by atoms with Crippen molar-refractivity contribution in [2.45, 2.75) is 70.1 Å². The molecule has 3 rings (SSSR count). The lowest BCUT2D eigenvalue weighted by Gasteiger charge is -2.29. The van der Waals surface area contributed by atoms with Crippen molar-refractivity contribution in [2.24, 2.45) is 5.92 Å². The molecule has 0 radical (unpaired) electrons. The van der Waals surface area contributed by atoms with Crippen LogP contribution in [0, 0.1) is 5.92 Å². The lowest BCUT2D eigenvalue weighted by Crippen LogP contribution is -2.31. The zero-order chi connectivity index (χ0) is 29.9. The summed E-state index contributed by atoms with van der Waals surface area (Å²) in [5, 5.41) is 39.7. The second kappa shape index (κ2) is 15.5. The number of hydrogen-bond acceptors (Lipinski definition) is 10. The molecule has 6 atom stereocenters. The minimum Gasteiger partial charge on any atom is -0.494 e. The topological polar surface area (TPSA) is 152 Å². The number of esters is 2. The molecule has 10 heteroatoms. The maximum Gasteiger partial charge on any atom is 0.339 e. The van der Waals surface area contributed by atoms with E-state index in [-0.39, 0.29) is 44.2 Å². The average molecular weight is 573 g/mol. The SMILES string of the molecule is C=C(C)C(=O)OCCC(O)C(O)CCOC1=CC2OC(=O)C(c3ccc(OCCC(O)C(O)CC)cc3)=CC2C=C1. The van der Waals surface area contributed by atoms with Crippen LogP contribution in [-0.4, -0.2) is 82.7 Å². The summed E-state index contributed by atoms with van der Waals surface area (Å²) in [6.07, 6.45) is 3.93. The number of hydrogen-bond donors (Lipinski definition) is 4. The first-order valence-electron chi connectivity index (χ1n) is 13.8. The van der Waals surface area contributed by atoms with Gasteiger partial charge in [-0.3, -0.25) is 0 Å². The number of allylic oxidation sites excluding steroid dienone is 1. The van der Waals surface area contributed by atoms with Crippen LogP contribution < -0.4 is 4.74 Å². The van der Waals surface area contributed by atoms with Crippen molar-refractivity contribution in [3.8, 4) is 5.75 Å². The third-order valence-electron chi connectivity index (χ3n) is 6.84. The first-order valence-corrected chi connectivity index (χ1v) is 13.8. The van der Waals surface area contributed by atoms with Crippen molar-refractivity contribution in [1.82, 2.24) is 0 Å². The number of ether oxygens (including phenoxy) is 4.